The van der Waals surface area contributed by atoms with Gasteiger partial charge in [-0.1, -0.05) is 11.6 Å². The summed E-state index contributed by atoms with van der Waals surface area (Å²) in [5.74, 6) is -1.66. The number of nitrogens with zero attached hydrogens (tertiary/aromatic N) is 1. The van der Waals surface area contributed by atoms with Gasteiger partial charge < -0.3 is 16.2 Å². The number of hydrogen-bond donors (Lipinski definition) is 3. The van der Waals surface area contributed by atoms with Crippen molar-refractivity contribution in [3.05, 3.63) is 40.1 Å². The third-order valence-corrected chi connectivity index (χ3v) is 3.29. The molecule has 1 unspecified atom stereocenters. The Morgan fingerprint density at radius 1 is 1.58 bits per heavy atom. The Kier molecular flexibility index (Phi) is 3.98. The highest BCUT2D eigenvalue weighted by Crippen LogP contribution is 2.26. The maximum atomic E-state index is 13.5. The fourth-order valence-electron chi connectivity index (χ4n) is 1.32. The van der Waals surface area contributed by atoms with Gasteiger partial charge in [0.2, 0.25) is 0 Å². The van der Waals surface area contributed by atoms with Crippen molar-refractivity contribution < 1.29 is 14.3 Å². The van der Waals surface area contributed by atoms with Crippen molar-refractivity contribution in [1.82, 2.24) is 4.98 Å². The van der Waals surface area contributed by atoms with Crippen LogP contribution in [0.25, 0.3) is 0 Å². The van der Waals surface area contributed by atoms with E-state index >= 15 is 0 Å². The number of aromatic nitrogens is 1. The largest absolute Gasteiger partial charge is 0.480 e. The van der Waals surface area contributed by atoms with Gasteiger partial charge in [-0.3, -0.25) is 4.79 Å². The number of carbonyl (C=O) groups is 1. The van der Waals surface area contributed by atoms with Crippen molar-refractivity contribution in [2.45, 2.75) is 6.04 Å². The summed E-state index contributed by atoms with van der Waals surface area (Å²) in [7, 11) is 0. The summed E-state index contributed by atoms with van der Waals surface area (Å²) in [6.07, 6.45) is 0. The van der Waals surface area contributed by atoms with Gasteiger partial charge in [0.05, 0.1) is 11.4 Å². The fourth-order valence-corrected chi connectivity index (χ4v) is 2.25. The van der Waals surface area contributed by atoms with Crippen LogP contribution in [-0.2, 0) is 4.79 Å². The molecule has 1 aromatic heterocycles. The van der Waals surface area contributed by atoms with E-state index in [1.807, 2.05) is 0 Å². The monoisotopic (exact) mass is 301 g/mol. The molecular formula is C11H9ClFN3O2S. The predicted molar refractivity (Wildman–Crippen MR) is 71.4 cm³/mol. The number of hydrogen-bond acceptors (Lipinski definition) is 5. The van der Waals surface area contributed by atoms with Crippen molar-refractivity contribution in [2.24, 2.45) is 5.73 Å². The van der Waals surface area contributed by atoms with Gasteiger partial charge in [0.25, 0.3) is 0 Å². The minimum Gasteiger partial charge on any atom is -0.480 e. The van der Waals surface area contributed by atoms with Gasteiger partial charge in [0, 0.05) is 10.4 Å². The van der Waals surface area contributed by atoms with E-state index in [4.69, 9.17) is 22.4 Å². The minimum atomic E-state index is -1.20. The van der Waals surface area contributed by atoms with Crippen molar-refractivity contribution in [2.75, 3.05) is 5.32 Å². The molecule has 0 bridgehead atoms. The van der Waals surface area contributed by atoms with Crippen LogP contribution in [0.3, 0.4) is 0 Å². The summed E-state index contributed by atoms with van der Waals surface area (Å²) in [5.41, 5.74) is 5.79. The molecule has 0 fully saturated rings. The highest BCUT2D eigenvalue weighted by atomic mass is 35.5. The summed E-state index contributed by atoms with van der Waals surface area (Å²) in [6.45, 7) is 0. The average Bonchev–Trinajstić information content (AvgIpc) is 2.81. The minimum absolute atomic E-state index is 0.164. The van der Waals surface area contributed by atoms with Crippen LogP contribution in [0.5, 0.6) is 0 Å². The number of carboxylic acid groups (broad SMARTS) is 1. The number of anilines is 2. The Labute approximate surface area is 116 Å². The summed E-state index contributed by atoms with van der Waals surface area (Å²) in [4.78, 5) is 14.7. The molecule has 5 nitrogen and oxygen atoms in total. The Morgan fingerprint density at radius 2 is 2.32 bits per heavy atom. The van der Waals surface area contributed by atoms with E-state index in [0.29, 0.717) is 10.2 Å². The summed E-state index contributed by atoms with van der Waals surface area (Å²) in [5, 5.41) is 13.7. The van der Waals surface area contributed by atoms with Crippen molar-refractivity contribution in [1.29, 1.82) is 0 Å². The van der Waals surface area contributed by atoms with Gasteiger partial charge in [0.15, 0.2) is 5.13 Å². The summed E-state index contributed by atoms with van der Waals surface area (Å²) >= 11 is 6.89. The van der Waals surface area contributed by atoms with Crippen LogP contribution in [0.1, 0.15) is 11.7 Å². The second-order valence-electron chi connectivity index (χ2n) is 3.64. The summed E-state index contributed by atoms with van der Waals surface area (Å²) in [6, 6.07) is 2.86. The molecule has 0 aliphatic heterocycles. The molecule has 0 radical (unpaired) electrons. The highest BCUT2D eigenvalue weighted by Gasteiger charge is 2.18. The van der Waals surface area contributed by atoms with Crippen molar-refractivity contribution in [3.8, 4) is 0 Å². The molecule has 0 saturated heterocycles. The second-order valence-corrected chi connectivity index (χ2v) is 4.94. The molecule has 1 atom stereocenters. The third-order valence-electron chi connectivity index (χ3n) is 2.28. The van der Waals surface area contributed by atoms with Crippen molar-refractivity contribution >= 4 is 39.7 Å². The molecule has 1 heterocycles. The smallest absolute Gasteiger partial charge is 0.326 e. The zero-order valence-corrected chi connectivity index (χ0v) is 11.0. The molecule has 100 valence electrons. The first-order valence-electron chi connectivity index (χ1n) is 5.13. The topological polar surface area (TPSA) is 88.2 Å². The third kappa shape index (κ3) is 3.19. The molecule has 2 rings (SSSR count). The van der Waals surface area contributed by atoms with Gasteiger partial charge in [-0.2, -0.15) is 0 Å². The Hall–Kier alpha value is -1.70. The van der Waals surface area contributed by atoms with Gasteiger partial charge in [-0.15, -0.1) is 11.3 Å². The average molecular weight is 302 g/mol. The Bertz CT molecular complexity index is 620. The zero-order chi connectivity index (χ0) is 14.0. The number of nitrogens with two attached hydrogens (primary N) is 1. The first-order valence-corrected chi connectivity index (χ1v) is 6.39. The van der Waals surface area contributed by atoms with Crippen LogP contribution in [0, 0.1) is 5.82 Å². The lowest BCUT2D eigenvalue weighted by atomic mass is 10.2. The molecule has 19 heavy (non-hydrogen) atoms. The number of halogens is 2. The zero-order valence-electron chi connectivity index (χ0n) is 9.43. The number of aliphatic carboxylic acids is 1. The van der Waals surface area contributed by atoms with E-state index in [2.05, 4.69) is 10.3 Å². The van der Waals surface area contributed by atoms with E-state index in [1.54, 1.807) is 0 Å². The lowest BCUT2D eigenvalue weighted by molar-refractivity contribution is -0.138. The lowest BCUT2D eigenvalue weighted by Gasteiger charge is -2.05. The van der Waals surface area contributed by atoms with Gasteiger partial charge >= 0.3 is 5.97 Å². The first kappa shape index (κ1) is 13.7. The number of carboxylic acids is 1. The highest BCUT2D eigenvalue weighted by molar-refractivity contribution is 7.13. The van der Waals surface area contributed by atoms with Crippen LogP contribution in [0.4, 0.5) is 15.2 Å². The van der Waals surface area contributed by atoms with Crippen molar-refractivity contribution in [3.63, 3.8) is 0 Å². The van der Waals surface area contributed by atoms with E-state index in [1.165, 1.54) is 23.6 Å². The van der Waals surface area contributed by atoms with Crippen LogP contribution < -0.4 is 11.1 Å². The second kappa shape index (κ2) is 5.52. The molecule has 4 N–H and O–H groups in total. The standard InChI is InChI=1S/C11H9ClFN3O2S/c12-5-1-2-6(13)7(3-5)15-11-16-8(4-19-11)9(14)10(17)18/h1-4,9H,14H2,(H,15,16)(H,17,18). The molecule has 8 heteroatoms. The number of rotatable bonds is 4. The normalized spacial score (nSPS) is 12.2. The Balaban J connectivity index is 2.20. The molecule has 0 aliphatic rings. The van der Waals surface area contributed by atoms with Crippen LogP contribution in [0.15, 0.2) is 23.6 Å². The molecule has 2 aromatic rings. The summed E-state index contributed by atoms with van der Waals surface area (Å²) < 4.78 is 13.5. The maximum Gasteiger partial charge on any atom is 0.326 e. The quantitative estimate of drug-likeness (QED) is 0.808. The van der Waals surface area contributed by atoms with Crippen LogP contribution in [-0.4, -0.2) is 16.1 Å². The lowest BCUT2D eigenvalue weighted by Crippen LogP contribution is -2.20. The first-order chi connectivity index (χ1) is 8.97. The SMILES string of the molecule is NC(C(=O)O)c1csc(Nc2cc(Cl)ccc2F)n1. The van der Waals surface area contributed by atoms with Gasteiger partial charge in [-0.05, 0) is 18.2 Å². The molecule has 0 spiro atoms. The molecule has 0 amide bonds. The van der Waals surface area contributed by atoms with Crippen LogP contribution in [0.2, 0.25) is 5.02 Å². The predicted octanol–water partition coefficient (Wildman–Crippen LogP) is 2.76. The Morgan fingerprint density at radius 3 is 3.00 bits per heavy atom. The molecule has 0 saturated carbocycles. The number of thiazole rings is 1. The van der Waals surface area contributed by atoms with E-state index in [9.17, 15) is 9.18 Å². The number of nitrogens with one attached hydrogen (secondary N) is 1. The fraction of sp³-hybridized carbons (Fsp3) is 0.0909. The van der Waals surface area contributed by atoms with Gasteiger partial charge in [-0.25, -0.2) is 9.37 Å². The maximum absolute atomic E-state index is 13.5. The van der Waals surface area contributed by atoms with E-state index in [-0.39, 0.29) is 11.4 Å². The molecule has 1 aromatic carbocycles. The molecule has 0 aliphatic carbocycles. The number of benzene rings is 1. The van der Waals surface area contributed by atoms with E-state index < -0.39 is 17.8 Å². The molecular weight excluding hydrogens is 293 g/mol. The van der Waals surface area contributed by atoms with E-state index in [0.717, 1.165) is 11.3 Å². The van der Waals surface area contributed by atoms with Crippen LogP contribution >= 0.6 is 22.9 Å². The van der Waals surface area contributed by atoms with Gasteiger partial charge in [0.1, 0.15) is 11.9 Å².